The number of thioether (sulfide) groups is 1. The van der Waals surface area contributed by atoms with Crippen molar-refractivity contribution in [1.82, 2.24) is 0 Å². The molecule has 5 aromatic rings. The van der Waals surface area contributed by atoms with Gasteiger partial charge in [0.25, 0.3) is 0 Å². The molecule has 42 heavy (non-hydrogen) atoms. The molecule has 0 saturated heterocycles. The summed E-state index contributed by atoms with van der Waals surface area (Å²) < 4.78 is 0. The molecule has 0 heterocycles. The summed E-state index contributed by atoms with van der Waals surface area (Å²) in [6.45, 7) is 4.09. The lowest BCUT2D eigenvalue weighted by atomic mass is 9.94. The van der Waals surface area contributed by atoms with Crippen LogP contribution in [0.5, 0.6) is 0 Å². The van der Waals surface area contributed by atoms with E-state index in [9.17, 15) is 5.41 Å². The first-order valence-corrected chi connectivity index (χ1v) is 15.3. The van der Waals surface area contributed by atoms with E-state index in [1.807, 2.05) is 37.3 Å². The van der Waals surface area contributed by atoms with E-state index in [0.29, 0.717) is 0 Å². The Morgan fingerprint density at radius 1 is 0.643 bits per heavy atom. The molecule has 0 aliphatic heterocycles. The van der Waals surface area contributed by atoms with E-state index in [0.717, 1.165) is 55.8 Å². The number of benzene rings is 5. The average Bonchev–Trinajstić information content (AvgIpc) is 3.06. The van der Waals surface area contributed by atoms with Gasteiger partial charge in [-0.2, -0.15) is 0 Å². The molecular formula is C39H34N2S. The summed E-state index contributed by atoms with van der Waals surface area (Å²) in [5, 5.41) is 9.32. The second kappa shape index (κ2) is 13.8. The molecule has 0 atom stereocenters. The van der Waals surface area contributed by atoms with Crippen LogP contribution in [0.4, 0.5) is 0 Å². The number of amidine groups is 1. The molecule has 3 heteroatoms. The highest BCUT2D eigenvalue weighted by atomic mass is 32.2. The summed E-state index contributed by atoms with van der Waals surface area (Å²) in [4.78, 5) is 6.27. The predicted octanol–water partition coefficient (Wildman–Crippen LogP) is 10.6. The number of allylic oxidation sites excluding steroid dienone is 4. The number of hydrogen-bond acceptors (Lipinski definition) is 2. The lowest BCUT2D eigenvalue weighted by Crippen LogP contribution is -2.09. The van der Waals surface area contributed by atoms with E-state index >= 15 is 0 Å². The van der Waals surface area contributed by atoms with Gasteiger partial charge in [0.15, 0.2) is 5.84 Å². The van der Waals surface area contributed by atoms with Gasteiger partial charge in [0.2, 0.25) is 0 Å². The van der Waals surface area contributed by atoms with Crippen LogP contribution in [0.1, 0.15) is 36.1 Å². The van der Waals surface area contributed by atoms with Crippen LogP contribution in [-0.4, -0.2) is 17.8 Å². The molecule has 0 unspecified atom stereocenters. The number of rotatable bonds is 8. The Kier molecular flexibility index (Phi) is 9.43. The van der Waals surface area contributed by atoms with Crippen LogP contribution in [0.3, 0.4) is 0 Å². The van der Waals surface area contributed by atoms with E-state index in [4.69, 9.17) is 4.99 Å². The third kappa shape index (κ3) is 6.43. The highest BCUT2D eigenvalue weighted by Crippen LogP contribution is 2.33. The van der Waals surface area contributed by atoms with Gasteiger partial charge >= 0.3 is 0 Å². The Labute approximate surface area is 253 Å². The Hall–Kier alpha value is -4.73. The van der Waals surface area contributed by atoms with Crippen molar-refractivity contribution < 1.29 is 0 Å². The molecule has 5 aromatic carbocycles. The molecular weight excluding hydrogens is 529 g/mol. The number of nitrogens with one attached hydrogen (secondary N) is 1. The van der Waals surface area contributed by atoms with Crippen LogP contribution >= 0.6 is 11.8 Å². The Balaban J connectivity index is 1.68. The fraction of sp³-hybridized carbons (Fsp3) is 0.0769. The summed E-state index contributed by atoms with van der Waals surface area (Å²) in [7, 11) is 0. The third-order valence-electron chi connectivity index (χ3n) is 7.17. The van der Waals surface area contributed by atoms with Crippen molar-refractivity contribution in [3.05, 3.63) is 168 Å². The van der Waals surface area contributed by atoms with Crippen LogP contribution in [0.25, 0.3) is 27.8 Å². The van der Waals surface area contributed by atoms with Gasteiger partial charge in [-0.3, -0.25) is 5.41 Å². The van der Waals surface area contributed by atoms with Gasteiger partial charge in [-0.1, -0.05) is 127 Å². The van der Waals surface area contributed by atoms with E-state index in [1.165, 1.54) is 4.90 Å². The molecule has 0 fully saturated rings. The maximum Gasteiger partial charge on any atom is 0.153 e. The van der Waals surface area contributed by atoms with E-state index in [-0.39, 0.29) is 5.84 Å². The molecule has 0 bridgehead atoms. The van der Waals surface area contributed by atoms with E-state index in [2.05, 4.69) is 128 Å². The lowest BCUT2D eigenvalue weighted by Gasteiger charge is -2.15. The van der Waals surface area contributed by atoms with Crippen molar-refractivity contribution in [3.8, 4) is 22.3 Å². The van der Waals surface area contributed by atoms with Crippen LogP contribution in [0.2, 0.25) is 0 Å². The summed E-state index contributed by atoms with van der Waals surface area (Å²) in [5.74, 6) is 0.228. The van der Waals surface area contributed by atoms with Gasteiger partial charge in [0.1, 0.15) is 0 Å². The predicted molar refractivity (Wildman–Crippen MR) is 183 cm³/mol. The zero-order chi connectivity index (χ0) is 29.3. The first kappa shape index (κ1) is 28.8. The molecule has 0 radical (unpaired) electrons. The first-order valence-electron chi connectivity index (χ1n) is 14.1. The second-order valence-corrected chi connectivity index (χ2v) is 10.7. The monoisotopic (exact) mass is 562 g/mol. The Morgan fingerprint density at radius 3 is 2.00 bits per heavy atom. The van der Waals surface area contributed by atoms with Gasteiger partial charge < -0.3 is 0 Å². The highest BCUT2D eigenvalue weighted by Gasteiger charge is 2.16. The summed E-state index contributed by atoms with van der Waals surface area (Å²) >= 11 is 1.71. The fourth-order valence-electron chi connectivity index (χ4n) is 5.12. The van der Waals surface area contributed by atoms with Crippen molar-refractivity contribution in [1.29, 1.82) is 5.41 Å². The molecule has 0 spiro atoms. The minimum Gasteiger partial charge on any atom is -0.282 e. The minimum absolute atomic E-state index is 0.228. The quantitative estimate of drug-likeness (QED) is 0.0868. The zero-order valence-corrected chi connectivity index (χ0v) is 25.0. The average molecular weight is 563 g/mol. The van der Waals surface area contributed by atoms with Crippen molar-refractivity contribution in [3.63, 3.8) is 0 Å². The van der Waals surface area contributed by atoms with E-state index in [1.54, 1.807) is 11.8 Å². The number of aliphatic imine (C=N–C) groups is 1. The normalized spacial score (nSPS) is 12.1. The van der Waals surface area contributed by atoms with Crippen molar-refractivity contribution in [2.24, 2.45) is 4.99 Å². The maximum atomic E-state index is 9.32. The summed E-state index contributed by atoms with van der Waals surface area (Å²) in [6.07, 6.45) is 8.38. The van der Waals surface area contributed by atoms with Crippen LogP contribution in [0, 0.1) is 5.41 Å². The summed E-state index contributed by atoms with van der Waals surface area (Å²) in [6, 6.07) is 43.7. The SMILES string of the molecule is C/C=C\C(=C/C)c1cccc(C(=NC(=N)c2ccccc2-c2ccccc2SC)c2cccc(-c3ccccc3)c2)c1. The van der Waals surface area contributed by atoms with Crippen molar-refractivity contribution in [2.75, 3.05) is 6.26 Å². The molecule has 0 saturated carbocycles. The topological polar surface area (TPSA) is 36.2 Å². The van der Waals surface area contributed by atoms with Gasteiger partial charge in [-0.25, -0.2) is 4.99 Å². The van der Waals surface area contributed by atoms with Crippen LogP contribution in [0.15, 0.2) is 156 Å². The van der Waals surface area contributed by atoms with Crippen molar-refractivity contribution in [2.45, 2.75) is 18.7 Å². The third-order valence-corrected chi connectivity index (χ3v) is 7.97. The lowest BCUT2D eigenvalue weighted by molar-refractivity contribution is 1.38. The molecule has 5 rings (SSSR count). The fourth-order valence-corrected chi connectivity index (χ4v) is 5.73. The van der Waals surface area contributed by atoms with Gasteiger partial charge in [0.05, 0.1) is 5.71 Å². The molecule has 1 N–H and O–H groups in total. The van der Waals surface area contributed by atoms with E-state index < -0.39 is 0 Å². The molecule has 0 aliphatic carbocycles. The van der Waals surface area contributed by atoms with Crippen molar-refractivity contribution >= 4 is 28.9 Å². The second-order valence-electron chi connectivity index (χ2n) is 9.83. The standard InChI is InChI=1S/C39H34N2S/c1-4-15-28(5-2)30-18-13-20-32(26-30)38(33-21-14-19-31(27-33)29-16-7-6-8-17-29)41-39(40)36-24-10-9-22-34(36)35-23-11-12-25-37(35)42-3/h4-27,40H,1-3H3/b15-4-,28-5+,40-39?,41-38?. The summed E-state index contributed by atoms with van der Waals surface area (Å²) in [5.41, 5.74) is 10.1. The smallest absolute Gasteiger partial charge is 0.153 e. The van der Waals surface area contributed by atoms with Gasteiger partial charge in [-0.05, 0) is 71.7 Å². The van der Waals surface area contributed by atoms with Gasteiger partial charge in [0, 0.05) is 21.6 Å². The Bertz CT molecular complexity index is 1790. The molecule has 2 nitrogen and oxygen atoms in total. The van der Waals surface area contributed by atoms with Crippen LogP contribution in [-0.2, 0) is 0 Å². The number of hydrogen-bond donors (Lipinski definition) is 1. The highest BCUT2D eigenvalue weighted by molar-refractivity contribution is 7.98. The maximum absolute atomic E-state index is 9.32. The Morgan fingerprint density at radius 2 is 1.26 bits per heavy atom. The van der Waals surface area contributed by atoms with Gasteiger partial charge in [-0.15, -0.1) is 11.8 Å². The minimum atomic E-state index is 0.228. The molecule has 206 valence electrons. The number of nitrogens with zero attached hydrogens (tertiary/aromatic N) is 1. The van der Waals surface area contributed by atoms with Crippen LogP contribution < -0.4 is 0 Å². The molecule has 0 aromatic heterocycles. The first-order chi connectivity index (χ1) is 20.6. The largest absolute Gasteiger partial charge is 0.282 e. The molecule has 0 aliphatic rings. The zero-order valence-electron chi connectivity index (χ0n) is 24.2. The molecule has 0 amide bonds.